The second kappa shape index (κ2) is 7.05. The van der Waals surface area contributed by atoms with Crippen LogP contribution in [-0.2, 0) is 4.74 Å². The zero-order chi connectivity index (χ0) is 13.7. The van der Waals surface area contributed by atoms with Crippen molar-refractivity contribution in [3.8, 4) is 0 Å². The van der Waals surface area contributed by atoms with Crippen LogP contribution in [0.3, 0.4) is 0 Å². The van der Waals surface area contributed by atoms with Gasteiger partial charge in [-0.15, -0.1) is 0 Å². The third-order valence-corrected chi connectivity index (χ3v) is 5.31. The Morgan fingerprint density at radius 2 is 1.84 bits per heavy atom. The number of hydrogen-bond donors (Lipinski definition) is 2. The molecular weight excluding hydrogens is 238 g/mol. The third-order valence-electron chi connectivity index (χ3n) is 5.31. The van der Waals surface area contributed by atoms with E-state index in [1.165, 1.54) is 38.5 Å². The normalized spacial score (nSPS) is 40.3. The Balaban J connectivity index is 1.77. The lowest BCUT2D eigenvalue weighted by molar-refractivity contribution is -0.0216. The minimum Gasteiger partial charge on any atom is -0.389 e. The zero-order valence-electron chi connectivity index (χ0n) is 12.7. The predicted molar refractivity (Wildman–Crippen MR) is 78.3 cm³/mol. The first-order valence-electron chi connectivity index (χ1n) is 8.15. The largest absolute Gasteiger partial charge is 0.389 e. The van der Waals surface area contributed by atoms with Gasteiger partial charge in [0.15, 0.2) is 0 Å². The number of nitrogens with one attached hydrogen (secondary N) is 1. The lowest BCUT2D eigenvalue weighted by atomic mass is 9.77. The molecule has 0 amide bonds. The maximum absolute atomic E-state index is 10.7. The van der Waals surface area contributed by atoms with E-state index in [1.807, 2.05) is 7.11 Å². The maximum atomic E-state index is 10.7. The third kappa shape index (κ3) is 4.17. The smallest absolute Gasteiger partial charge is 0.0771 e. The molecule has 2 N–H and O–H groups in total. The van der Waals surface area contributed by atoms with E-state index in [-0.39, 0.29) is 0 Å². The molecule has 112 valence electrons. The molecule has 19 heavy (non-hydrogen) atoms. The van der Waals surface area contributed by atoms with Crippen molar-refractivity contribution in [1.29, 1.82) is 0 Å². The summed E-state index contributed by atoms with van der Waals surface area (Å²) in [6.45, 7) is 3.01. The van der Waals surface area contributed by atoms with Gasteiger partial charge in [-0.2, -0.15) is 0 Å². The second-order valence-electron chi connectivity index (χ2n) is 6.62. The van der Waals surface area contributed by atoms with Gasteiger partial charge < -0.3 is 15.2 Å². The van der Waals surface area contributed by atoms with Gasteiger partial charge in [0.1, 0.15) is 0 Å². The van der Waals surface area contributed by atoms with Crippen molar-refractivity contribution in [3.63, 3.8) is 0 Å². The molecule has 3 nitrogen and oxygen atoms in total. The Hall–Kier alpha value is -0.120. The summed E-state index contributed by atoms with van der Waals surface area (Å²) in [6, 6.07) is 0.437. The molecule has 0 spiro atoms. The maximum Gasteiger partial charge on any atom is 0.0771 e. The minimum absolute atomic E-state index is 0.337. The van der Waals surface area contributed by atoms with Gasteiger partial charge in [-0.05, 0) is 44.4 Å². The van der Waals surface area contributed by atoms with Crippen molar-refractivity contribution in [1.82, 2.24) is 5.32 Å². The van der Waals surface area contributed by atoms with E-state index < -0.39 is 5.60 Å². The van der Waals surface area contributed by atoms with E-state index in [0.29, 0.717) is 12.1 Å². The highest BCUT2D eigenvalue weighted by Gasteiger charge is 2.34. The van der Waals surface area contributed by atoms with Gasteiger partial charge in [-0.3, -0.25) is 0 Å². The van der Waals surface area contributed by atoms with Gasteiger partial charge in [-0.1, -0.05) is 26.2 Å². The monoisotopic (exact) mass is 269 g/mol. The SMILES string of the molecule is CCC1CCC(O)(CNC2CCCCC2OC)CC1. The zero-order valence-corrected chi connectivity index (χ0v) is 12.7. The molecule has 2 saturated carbocycles. The van der Waals surface area contributed by atoms with Crippen LogP contribution < -0.4 is 5.32 Å². The molecule has 0 saturated heterocycles. The summed E-state index contributed by atoms with van der Waals surface area (Å²) < 4.78 is 5.57. The summed E-state index contributed by atoms with van der Waals surface area (Å²) in [7, 11) is 1.81. The second-order valence-corrected chi connectivity index (χ2v) is 6.62. The van der Waals surface area contributed by atoms with Gasteiger partial charge in [0, 0.05) is 19.7 Å². The first-order chi connectivity index (χ1) is 9.17. The van der Waals surface area contributed by atoms with Gasteiger partial charge in [0.25, 0.3) is 0 Å². The molecule has 0 bridgehead atoms. The van der Waals surface area contributed by atoms with E-state index in [0.717, 1.165) is 31.7 Å². The van der Waals surface area contributed by atoms with Crippen LogP contribution >= 0.6 is 0 Å². The predicted octanol–water partition coefficient (Wildman–Crippen LogP) is 2.86. The van der Waals surface area contributed by atoms with Crippen LogP contribution in [0.1, 0.15) is 64.7 Å². The fourth-order valence-electron chi connectivity index (χ4n) is 3.73. The molecule has 0 aromatic heterocycles. The summed E-state index contributed by atoms with van der Waals surface area (Å²) in [4.78, 5) is 0. The molecule has 0 aromatic carbocycles. The molecule has 0 heterocycles. The first-order valence-corrected chi connectivity index (χ1v) is 8.15. The van der Waals surface area contributed by atoms with E-state index >= 15 is 0 Å². The molecule has 3 heteroatoms. The molecule has 2 aliphatic rings. The summed E-state index contributed by atoms with van der Waals surface area (Å²) in [5.74, 6) is 0.835. The highest BCUT2D eigenvalue weighted by atomic mass is 16.5. The molecule has 0 aliphatic heterocycles. The van der Waals surface area contributed by atoms with Crippen LogP contribution in [0.2, 0.25) is 0 Å². The van der Waals surface area contributed by atoms with E-state index in [1.54, 1.807) is 0 Å². The van der Waals surface area contributed by atoms with Crippen LogP contribution in [0.15, 0.2) is 0 Å². The topological polar surface area (TPSA) is 41.5 Å². The Kier molecular flexibility index (Phi) is 5.67. The van der Waals surface area contributed by atoms with Crippen LogP contribution in [0, 0.1) is 5.92 Å². The van der Waals surface area contributed by atoms with E-state index in [9.17, 15) is 5.11 Å². The van der Waals surface area contributed by atoms with E-state index in [4.69, 9.17) is 4.74 Å². The van der Waals surface area contributed by atoms with Gasteiger partial charge in [0.2, 0.25) is 0 Å². The number of hydrogen-bond acceptors (Lipinski definition) is 3. The van der Waals surface area contributed by atoms with E-state index in [2.05, 4.69) is 12.2 Å². The molecule has 0 aromatic rings. The van der Waals surface area contributed by atoms with Crippen molar-refractivity contribution in [2.45, 2.75) is 82.5 Å². The Morgan fingerprint density at radius 1 is 1.16 bits per heavy atom. The molecule has 2 fully saturated rings. The first kappa shape index (κ1) is 15.3. The highest BCUT2D eigenvalue weighted by molar-refractivity contribution is 4.90. The fourth-order valence-corrected chi connectivity index (χ4v) is 3.73. The van der Waals surface area contributed by atoms with Crippen molar-refractivity contribution in [3.05, 3.63) is 0 Å². The number of ether oxygens (including phenoxy) is 1. The van der Waals surface area contributed by atoms with Gasteiger partial charge >= 0.3 is 0 Å². The van der Waals surface area contributed by atoms with Crippen LogP contribution in [0.5, 0.6) is 0 Å². The van der Waals surface area contributed by atoms with Gasteiger partial charge in [-0.25, -0.2) is 0 Å². The minimum atomic E-state index is -0.471. The number of methoxy groups -OCH3 is 1. The summed E-state index contributed by atoms with van der Waals surface area (Å²) in [5.41, 5.74) is -0.471. The Morgan fingerprint density at radius 3 is 2.47 bits per heavy atom. The summed E-state index contributed by atoms with van der Waals surface area (Å²) in [5, 5.41) is 14.3. The quantitative estimate of drug-likeness (QED) is 0.806. The lowest BCUT2D eigenvalue weighted by Crippen LogP contribution is -2.51. The molecule has 2 aliphatic carbocycles. The summed E-state index contributed by atoms with van der Waals surface area (Å²) >= 11 is 0. The molecule has 0 radical (unpaired) electrons. The molecule has 2 atom stereocenters. The summed E-state index contributed by atoms with van der Waals surface area (Å²) in [6.07, 6.45) is 10.8. The van der Waals surface area contributed by atoms with Crippen molar-refractivity contribution in [2.24, 2.45) is 5.92 Å². The average Bonchev–Trinajstić information content (AvgIpc) is 2.46. The fraction of sp³-hybridized carbons (Fsp3) is 1.00. The van der Waals surface area contributed by atoms with Crippen LogP contribution in [0.4, 0.5) is 0 Å². The van der Waals surface area contributed by atoms with Crippen molar-refractivity contribution in [2.75, 3.05) is 13.7 Å². The van der Waals surface area contributed by atoms with Crippen molar-refractivity contribution >= 4 is 0 Å². The van der Waals surface area contributed by atoms with Gasteiger partial charge in [0.05, 0.1) is 11.7 Å². The molecule has 2 unspecified atom stereocenters. The number of aliphatic hydroxyl groups is 1. The van der Waals surface area contributed by atoms with Crippen molar-refractivity contribution < 1.29 is 9.84 Å². The van der Waals surface area contributed by atoms with Crippen LogP contribution in [-0.4, -0.2) is 36.5 Å². The highest BCUT2D eigenvalue weighted by Crippen LogP contribution is 2.33. The Bertz CT molecular complexity index is 261. The standard InChI is InChI=1S/C16H31NO2/c1-3-13-8-10-16(18,11-9-13)12-17-14-6-4-5-7-15(14)19-2/h13-15,17-18H,3-12H2,1-2H3. The Labute approximate surface area is 118 Å². The van der Waals surface area contributed by atoms with Crippen LogP contribution in [0.25, 0.3) is 0 Å². The lowest BCUT2D eigenvalue weighted by Gasteiger charge is -2.39. The number of rotatable bonds is 5. The molecule has 2 rings (SSSR count). The molecular formula is C16H31NO2. The average molecular weight is 269 g/mol.